The van der Waals surface area contributed by atoms with E-state index in [1.54, 1.807) is 12.1 Å². The molecule has 8 heteroatoms. The third-order valence-electron chi connectivity index (χ3n) is 2.60. The van der Waals surface area contributed by atoms with Gasteiger partial charge in [-0.2, -0.15) is 0 Å². The number of carbonyl (C=O) groups excluding carboxylic acids is 2. The van der Waals surface area contributed by atoms with Gasteiger partial charge in [-0.3, -0.25) is 9.59 Å². The van der Waals surface area contributed by atoms with Crippen molar-refractivity contribution in [2.45, 2.75) is 26.2 Å². The Morgan fingerprint density at radius 2 is 1.91 bits per heavy atom. The molecule has 0 bridgehead atoms. The van der Waals surface area contributed by atoms with Crippen LogP contribution in [0.5, 0.6) is 0 Å². The lowest BCUT2D eigenvalue weighted by molar-refractivity contribution is -0.136. The lowest BCUT2D eigenvalue weighted by Crippen LogP contribution is -2.30. The molecule has 0 unspecified atom stereocenters. The van der Waals surface area contributed by atoms with Crippen molar-refractivity contribution in [3.05, 3.63) is 23.2 Å². The van der Waals surface area contributed by atoms with Gasteiger partial charge < -0.3 is 21.1 Å². The number of halogens is 1. The molecular formula is C14H18ClN3O4. The Bertz CT molecular complexity index is 563. The van der Waals surface area contributed by atoms with E-state index in [0.29, 0.717) is 22.8 Å². The van der Waals surface area contributed by atoms with E-state index < -0.39 is 12.0 Å². The molecule has 0 saturated heterocycles. The van der Waals surface area contributed by atoms with Crippen LogP contribution < -0.4 is 16.0 Å². The molecule has 3 amide bonds. The standard InChI is InChI=1S/C14H18ClN3O4/c1-2-3-12(19)17-9-4-5-10(15)11(8-9)18-14(22)16-7-6-13(20)21/h4-5,8H,2-3,6-7H2,1H3,(H,17,19)(H,20,21)(H2,16,18,22). The molecule has 0 aromatic heterocycles. The van der Waals surface area contributed by atoms with Crippen molar-refractivity contribution in [3.8, 4) is 0 Å². The first kappa shape index (κ1) is 17.8. The second-order valence-corrected chi connectivity index (χ2v) is 4.92. The van der Waals surface area contributed by atoms with Crippen LogP contribution in [0.25, 0.3) is 0 Å². The van der Waals surface area contributed by atoms with E-state index in [4.69, 9.17) is 16.7 Å². The largest absolute Gasteiger partial charge is 0.481 e. The van der Waals surface area contributed by atoms with Crippen LogP contribution in [-0.2, 0) is 9.59 Å². The number of urea groups is 1. The average molecular weight is 328 g/mol. The molecule has 0 atom stereocenters. The Labute approximate surface area is 133 Å². The molecule has 0 aliphatic rings. The van der Waals surface area contributed by atoms with E-state index in [0.717, 1.165) is 6.42 Å². The number of amides is 3. The maximum Gasteiger partial charge on any atom is 0.319 e. The van der Waals surface area contributed by atoms with Gasteiger partial charge in [0, 0.05) is 18.7 Å². The summed E-state index contributed by atoms with van der Waals surface area (Å²) < 4.78 is 0. The topological polar surface area (TPSA) is 108 Å². The van der Waals surface area contributed by atoms with Gasteiger partial charge in [-0.15, -0.1) is 0 Å². The zero-order valence-electron chi connectivity index (χ0n) is 12.1. The van der Waals surface area contributed by atoms with Crippen molar-refractivity contribution in [2.75, 3.05) is 17.2 Å². The van der Waals surface area contributed by atoms with Gasteiger partial charge in [0.2, 0.25) is 5.91 Å². The lowest BCUT2D eigenvalue weighted by Gasteiger charge is -2.11. The highest BCUT2D eigenvalue weighted by atomic mass is 35.5. The number of aliphatic carboxylic acids is 1. The maximum atomic E-state index is 11.6. The van der Waals surface area contributed by atoms with Gasteiger partial charge in [0.15, 0.2) is 0 Å². The molecule has 0 aliphatic heterocycles. The molecule has 1 aromatic carbocycles. The van der Waals surface area contributed by atoms with E-state index in [1.807, 2.05) is 6.92 Å². The number of benzene rings is 1. The summed E-state index contributed by atoms with van der Waals surface area (Å²) in [7, 11) is 0. The Kier molecular flexibility index (Phi) is 7.18. The van der Waals surface area contributed by atoms with Crippen LogP contribution in [0, 0.1) is 0 Å². The SMILES string of the molecule is CCCC(=O)Nc1ccc(Cl)c(NC(=O)NCCC(=O)O)c1. The lowest BCUT2D eigenvalue weighted by atomic mass is 10.2. The van der Waals surface area contributed by atoms with E-state index in [1.165, 1.54) is 6.07 Å². The van der Waals surface area contributed by atoms with E-state index in [9.17, 15) is 14.4 Å². The van der Waals surface area contributed by atoms with Gasteiger partial charge in [-0.25, -0.2) is 4.79 Å². The monoisotopic (exact) mass is 327 g/mol. The number of hydrogen-bond acceptors (Lipinski definition) is 3. The molecule has 1 aromatic rings. The fraction of sp³-hybridized carbons (Fsp3) is 0.357. The van der Waals surface area contributed by atoms with Crippen molar-refractivity contribution in [1.82, 2.24) is 5.32 Å². The van der Waals surface area contributed by atoms with Crippen LogP contribution in [-0.4, -0.2) is 29.6 Å². The van der Waals surface area contributed by atoms with Gasteiger partial charge in [-0.1, -0.05) is 18.5 Å². The van der Waals surface area contributed by atoms with Crippen LogP contribution in [0.4, 0.5) is 16.2 Å². The van der Waals surface area contributed by atoms with E-state index in [2.05, 4.69) is 16.0 Å². The van der Waals surface area contributed by atoms with Crippen LogP contribution >= 0.6 is 11.6 Å². The second-order valence-electron chi connectivity index (χ2n) is 4.52. The molecule has 0 aliphatic carbocycles. The third-order valence-corrected chi connectivity index (χ3v) is 2.93. The normalized spacial score (nSPS) is 9.91. The Morgan fingerprint density at radius 3 is 2.55 bits per heavy atom. The molecule has 0 spiro atoms. The molecular weight excluding hydrogens is 310 g/mol. The van der Waals surface area contributed by atoms with E-state index >= 15 is 0 Å². The quantitative estimate of drug-likeness (QED) is 0.617. The summed E-state index contributed by atoms with van der Waals surface area (Å²) in [5.74, 6) is -1.12. The number of carbonyl (C=O) groups is 3. The summed E-state index contributed by atoms with van der Waals surface area (Å²) in [6.07, 6.45) is 0.964. The van der Waals surface area contributed by atoms with Crippen molar-refractivity contribution < 1.29 is 19.5 Å². The predicted octanol–water partition coefficient (Wildman–Crippen LogP) is 2.67. The number of nitrogens with one attached hydrogen (secondary N) is 3. The summed E-state index contributed by atoms with van der Waals surface area (Å²) >= 11 is 5.97. The summed E-state index contributed by atoms with van der Waals surface area (Å²) in [6, 6.07) is 4.15. The summed E-state index contributed by atoms with van der Waals surface area (Å²) in [5, 5.41) is 16.4. The fourth-order valence-electron chi connectivity index (χ4n) is 1.60. The van der Waals surface area contributed by atoms with Crippen molar-refractivity contribution in [1.29, 1.82) is 0 Å². The van der Waals surface area contributed by atoms with Gasteiger partial charge in [-0.05, 0) is 24.6 Å². The highest BCUT2D eigenvalue weighted by Gasteiger charge is 2.08. The predicted molar refractivity (Wildman–Crippen MR) is 84.3 cm³/mol. The average Bonchev–Trinajstić information content (AvgIpc) is 2.42. The number of anilines is 2. The second kappa shape index (κ2) is 8.89. The van der Waals surface area contributed by atoms with Crippen molar-refractivity contribution in [3.63, 3.8) is 0 Å². The molecule has 120 valence electrons. The van der Waals surface area contributed by atoms with Crippen molar-refractivity contribution >= 4 is 40.9 Å². The van der Waals surface area contributed by atoms with E-state index in [-0.39, 0.29) is 18.9 Å². The summed E-state index contributed by atoms with van der Waals surface area (Å²) in [6.45, 7) is 1.90. The van der Waals surface area contributed by atoms with Crippen LogP contribution in [0.3, 0.4) is 0 Å². The van der Waals surface area contributed by atoms with Crippen LogP contribution in [0.2, 0.25) is 5.02 Å². The molecule has 0 saturated carbocycles. The third kappa shape index (κ3) is 6.45. The number of rotatable bonds is 7. The summed E-state index contributed by atoms with van der Waals surface area (Å²) in [5.41, 5.74) is 0.840. The van der Waals surface area contributed by atoms with Gasteiger partial charge in [0.25, 0.3) is 0 Å². The smallest absolute Gasteiger partial charge is 0.319 e. The minimum atomic E-state index is -1.00. The minimum Gasteiger partial charge on any atom is -0.481 e. The van der Waals surface area contributed by atoms with Gasteiger partial charge in [0.1, 0.15) is 0 Å². The zero-order chi connectivity index (χ0) is 16.5. The minimum absolute atomic E-state index is 0.00567. The molecule has 0 fully saturated rings. The molecule has 22 heavy (non-hydrogen) atoms. The summed E-state index contributed by atoms with van der Waals surface area (Å²) in [4.78, 5) is 33.5. The highest BCUT2D eigenvalue weighted by molar-refractivity contribution is 6.33. The van der Waals surface area contributed by atoms with Crippen LogP contribution in [0.15, 0.2) is 18.2 Å². The Morgan fingerprint density at radius 1 is 1.18 bits per heavy atom. The number of hydrogen-bond donors (Lipinski definition) is 4. The Balaban J connectivity index is 2.63. The zero-order valence-corrected chi connectivity index (χ0v) is 12.9. The number of carboxylic acids is 1. The highest BCUT2D eigenvalue weighted by Crippen LogP contribution is 2.25. The molecule has 0 radical (unpaired) electrons. The van der Waals surface area contributed by atoms with Crippen LogP contribution in [0.1, 0.15) is 26.2 Å². The molecule has 4 N–H and O–H groups in total. The maximum absolute atomic E-state index is 11.6. The van der Waals surface area contributed by atoms with Crippen molar-refractivity contribution in [2.24, 2.45) is 0 Å². The first-order valence-electron chi connectivity index (χ1n) is 6.78. The van der Waals surface area contributed by atoms with Gasteiger partial charge in [0.05, 0.1) is 17.1 Å². The number of carboxylic acid groups (broad SMARTS) is 1. The molecule has 1 rings (SSSR count). The van der Waals surface area contributed by atoms with Gasteiger partial charge >= 0.3 is 12.0 Å². The Hall–Kier alpha value is -2.28. The fourth-order valence-corrected chi connectivity index (χ4v) is 1.76. The molecule has 7 nitrogen and oxygen atoms in total. The first-order chi connectivity index (χ1) is 10.4. The molecule has 0 heterocycles. The first-order valence-corrected chi connectivity index (χ1v) is 7.16.